The van der Waals surface area contributed by atoms with Crippen molar-refractivity contribution in [3.05, 3.63) is 11.9 Å². The van der Waals surface area contributed by atoms with Gasteiger partial charge in [-0.2, -0.15) is 15.0 Å². The van der Waals surface area contributed by atoms with Crippen molar-refractivity contribution in [2.24, 2.45) is 0 Å². The van der Waals surface area contributed by atoms with E-state index < -0.39 is 0 Å². The molecule has 0 saturated heterocycles. The van der Waals surface area contributed by atoms with Crippen LogP contribution < -0.4 is 0 Å². The first-order valence-corrected chi connectivity index (χ1v) is 3.81. The van der Waals surface area contributed by atoms with Crippen LogP contribution in [0.15, 0.2) is 6.20 Å². The summed E-state index contributed by atoms with van der Waals surface area (Å²) in [6, 6.07) is 0.625. The smallest absolute Gasteiger partial charge is 0.0824 e. The van der Waals surface area contributed by atoms with E-state index in [1.807, 2.05) is 11.0 Å². The second kappa shape index (κ2) is 2.08. The quantitative estimate of drug-likeness (QED) is 0.612. The van der Waals surface area contributed by atoms with Crippen molar-refractivity contribution >= 4 is 0 Å². The lowest BCUT2D eigenvalue weighted by Crippen LogP contribution is -1.98. The average Bonchev–Trinajstić information content (AvgIpc) is 2.70. The van der Waals surface area contributed by atoms with Crippen LogP contribution >= 0.6 is 0 Å². The van der Waals surface area contributed by atoms with Crippen LogP contribution in [-0.2, 0) is 6.42 Å². The van der Waals surface area contributed by atoms with Crippen LogP contribution in [0.25, 0.3) is 0 Å². The first-order chi connectivity index (χ1) is 4.90. The molecular weight excluding hydrogens is 126 g/mol. The topological polar surface area (TPSA) is 30.7 Å². The summed E-state index contributed by atoms with van der Waals surface area (Å²) in [4.78, 5) is 1.85. The molecule has 0 spiro atoms. The molecule has 10 heavy (non-hydrogen) atoms. The molecule has 0 N–H and O–H groups in total. The summed E-state index contributed by atoms with van der Waals surface area (Å²) < 4.78 is 0. The third-order valence-electron chi connectivity index (χ3n) is 1.79. The van der Waals surface area contributed by atoms with Gasteiger partial charge in [0.2, 0.25) is 0 Å². The summed E-state index contributed by atoms with van der Waals surface area (Å²) >= 11 is 0. The van der Waals surface area contributed by atoms with Crippen LogP contribution in [0.3, 0.4) is 0 Å². The normalized spacial score (nSPS) is 17.7. The molecule has 1 heterocycles. The molecule has 0 aromatic carbocycles. The Hall–Kier alpha value is -0.860. The second-order valence-electron chi connectivity index (χ2n) is 2.74. The number of hydrogen-bond acceptors (Lipinski definition) is 2. The lowest BCUT2D eigenvalue weighted by Gasteiger charge is -1.90. The van der Waals surface area contributed by atoms with E-state index >= 15 is 0 Å². The summed E-state index contributed by atoms with van der Waals surface area (Å²) in [5.74, 6) is 0. The maximum atomic E-state index is 4.30. The fourth-order valence-corrected chi connectivity index (χ4v) is 0.952. The lowest BCUT2D eigenvalue weighted by atomic mass is 10.4. The van der Waals surface area contributed by atoms with E-state index in [1.165, 1.54) is 12.8 Å². The minimum atomic E-state index is 0.625. The summed E-state index contributed by atoms with van der Waals surface area (Å²) in [5, 5.41) is 8.45. The second-order valence-corrected chi connectivity index (χ2v) is 2.74. The van der Waals surface area contributed by atoms with Crippen LogP contribution in [0.2, 0.25) is 0 Å². The standard InChI is InChI=1S/C7H11N3/c1-2-6-5-8-10(9-6)7-3-4-7/h5,7H,2-4H2,1H3. The Labute approximate surface area is 60.0 Å². The number of nitrogens with zero attached hydrogens (tertiary/aromatic N) is 3. The Balaban J connectivity index is 2.19. The highest BCUT2D eigenvalue weighted by Crippen LogP contribution is 2.32. The molecule has 1 fully saturated rings. The summed E-state index contributed by atoms with van der Waals surface area (Å²) in [5.41, 5.74) is 1.10. The van der Waals surface area contributed by atoms with Crippen molar-refractivity contribution in [3.63, 3.8) is 0 Å². The minimum absolute atomic E-state index is 0.625. The molecule has 1 aliphatic rings. The van der Waals surface area contributed by atoms with Crippen LogP contribution in [0.1, 0.15) is 31.5 Å². The summed E-state index contributed by atoms with van der Waals surface area (Å²) in [6.07, 6.45) is 5.38. The van der Waals surface area contributed by atoms with Crippen molar-refractivity contribution in [2.45, 2.75) is 32.2 Å². The Kier molecular flexibility index (Phi) is 1.22. The van der Waals surface area contributed by atoms with Gasteiger partial charge in [-0.15, -0.1) is 0 Å². The number of hydrogen-bond donors (Lipinski definition) is 0. The molecule has 3 nitrogen and oxygen atoms in total. The first kappa shape index (κ1) is 5.89. The monoisotopic (exact) mass is 137 g/mol. The zero-order chi connectivity index (χ0) is 6.97. The molecule has 0 aliphatic heterocycles. The molecule has 1 aromatic rings. The van der Waals surface area contributed by atoms with Gasteiger partial charge < -0.3 is 0 Å². The predicted octanol–water partition coefficient (Wildman–Crippen LogP) is 1.18. The van der Waals surface area contributed by atoms with E-state index in [1.54, 1.807) is 0 Å². The van der Waals surface area contributed by atoms with Crippen molar-refractivity contribution in [1.29, 1.82) is 0 Å². The van der Waals surface area contributed by atoms with Gasteiger partial charge in [0.25, 0.3) is 0 Å². The maximum Gasteiger partial charge on any atom is 0.0824 e. The average molecular weight is 137 g/mol. The van der Waals surface area contributed by atoms with Gasteiger partial charge in [0.1, 0.15) is 0 Å². The summed E-state index contributed by atoms with van der Waals surface area (Å²) in [7, 11) is 0. The largest absolute Gasteiger partial charge is 0.182 e. The van der Waals surface area contributed by atoms with Crippen molar-refractivity contribution < 1.29 is 0 Å². The number of aromatic nitrogens is 3. The van der Waals surface area contributed by atoms with Gasteiger partial charge in [0.05, 0.1) is 17.9 Å². The van der Waals surface area contributed by atoms with Crippen molar-refractivity contribution in [1.82, 2.24) is 15.0 Å². The first-order valence-electron chi connectivity index (χ1n) is 3.81. The highest BCUT2D eigenvalue weighted by atomic mass is 15.5. The lowest BCUT2D eigenvalue weighted by molar-refractivity contribution is 0.548. The van der Waals surface area contributed by atoms with Gasteiger partial charge in [-0.1, -0.05) is 6.92 Å². The van der Waals surface area contributed by atoms with Crippen LogP contribution in [0.4, 0.5) is 0 Å². The molecule has 0 amide bonds. The molecule has 54 valence electrons. The Morgan fingerprint density at radius 3 is 3.00 bits per heavy atom. The Bertz CT molecular complexity index is 225. The molecule has 0 atom stereocenters. The SMILES string of the molecule is CCc1cnn(C2CC2)n1. The number of aryl methyl sites for hydroxylation is 1. The maximum absolute atomic E-state index is 4.30. The minimum Gasteiger partial charge on any atom is -0.182 e. The van der Waals surface area contributed by atoms with E-state index in [0.717, 1.165) is 12.1 Å². The molecule has 3 heteroatoms. The van der Waals surface area contributed by atoms with E-state index in [9.17, 15) is 0 Å². The summed E-state index contributed by atoms with van der Waals surface area (Å²) in [6.45, 7) is 2.10. The van der Waals surface area contributed by atoms with E-state index in [0.29, 0.717) is 6.04 Å². The molecule has 1 aromatic heterocycles. The highest BCUT2D eigenvalue weighted by Gasteiger charge is 2.25. The molecule has 0 bridgehead atoms. The molecule has 1 saturated carbocycles. The Morgan fingerprint density at radius 1 is 1.70 bits per heavy atom. The third-order valence-corrected chi connectivity index (χ3v) is 1.79. The predicted molar refractivity (Wildman–Crippen MR) is 37.7 cm³/mol. The number of rotatable bonds is 2. The molecule has 1 aliphatic carbocycles. The third kappa shape index (κ3) is 0.916. The van der Waals surface area contributed by atoms with Gasteiger partial charge >= 0.3 is 0 Å². The van der Waals surface area contributed by atoms with E-state index in [2.05, 4.69) is 17.1 Å². The molecule has 0 radical (unpaired) electrons. The van der Waals surface area contributed by atoms with Crippen LogP contribution in [-0.4, -0.2) is 15.0 Å². The molecule has 0 unspecified atom stereocenters. The van der Waals surface area contributed by atoms with E-state index in [4.69, 9.17) is 0 Å². The zero-order valence-electron chi connectivity index (χ0n) is 6.12. The highest BCUT2D eigenvalue weighted by molar-refractivity contribution is 4.92. The zero-order valence-corrected chi connectivity index (χ0v) is 6.12. The van der Waals surface area contributed by atoms with Crippen molar-refractivity contribution in [3.8, 4) is 0 Å². The molecular formula is C7H11N3. The van der Waals surface area contributed by atoms with Gasteiger partial charge in [0.15, 0.2) is 0 Å². The van der Waals surface area contributed by atoms with E-state index in [-0.39, 0.29) is 0 Å². The van der Waals surface area contributed by atoms with Gasteiger partial charge in [-0.3, -0.25) is 0 Å². The Morgan fingerprint density at radius 2 is 2.50 bits per heavy atom. The molecule has 2 rings (SSSR count). The van der Waals surface area contributed by atoms with Gasteiger partial charge in [-0.25, -0.2) is 0 Å². The van der Waals surface area contributed by atoms with Gasteiger partial charge in [-0.05, 0) is 19.3 Å². The fourth-order valence-electron chi connectivity index (χ4n) is 0.952. The van der Waals surface area contributed by atoms with Crippen LogP contribution in [0, 0.1) is 0 Å². The van der Waals surface area contributed by atoms with Gasteiger partial charge in [0, 0.05) is 0 Å². The van der Waals surface area contributed by atoms with Crippen LogP contribution in [0.5, 0.6) is 0 Å². The van der Waals surface area contributed by atoms with Crippen molar-refractivity contribution in [2.75, 3.05) is 0 Å². The fraction of sp³-hybridized carbons (Fsp3) is 0.714.